The normalized spacial score (nSPS) is 23.3. The fourth-order valence-electron chi connectivity index (χ4n) is 6.24. The number of carbonyl (C=O) groups excluding carboxylic acids is 3. The largest absolute Gasteiger partial charge is 0.483 e. The maximum absolute atomic E-state index is 13.4. The van der Waals surface area contributed by atoms with Crippen LogP contribution >= 0.6 is 0 Å². The third kappa shape index (κ3) is 5.00. The Kier molecular flexibility index (Phi) is 6.97. The summed E-state index contributed by atoms with van der Waals surface area (Å²) in [7, 11) is 1.44. The first kappa shape index (κ1) is 27.2. The first-order valence-corrected chi connectivity index (χ1v) is 13.8. The Hall–Kier alpha value is -4.99. The van der Waals surface area contributed by atoms with Gasteiger partial charge in [-0.15, -0.1) is 4.95 Å². The van der Waals surface area contributed by atoms with Gasteiger partial charge in [-0.2, -0.15) is 11.7 Å². The van der Waals surface area contributed by atoms with Gasteiger partial charge in [0.2, 0.25) is 5.84 Å². The fourth-order valence-corrected chi connectivity index (χ4v) is 6.24. The minimum atomic E-state index is -0.442. The third-order valence-electron chi connectivity index (χ3n) is 8.78. The number of amides is 2. The lowest BCUT2D eigenvalue weighted by molar-refractivity contribution is -0.162. The van der Waals surface area contributed by atoms with Crippen LogP contribution in [-0.2, 0) is 16.1 Å². The zero-order chi connectivity index (χ0) is 29.3. The van der Waals surface area contributed by atoms with Crippen molar-refractivity contribution in [3.05, 3.63) is 65.0 Å². The molecule has 1 aliphatic heterocycles. The number of aromatic nitrogens is 3. The minimum Gasteiger partial charge on any atom is -0.483 e. The first-order chi connectivity index (χ1) is 20.3. The number of hydrogen-bond acceptors (Lipinski definition) is 8. The van der Waals surface area contributed by atoms with E-state index in [1.54, 1.807) is 12.1 Å². The van der Waals surface area contributed by atoms with E-state index in [0.717, 1.165) is 44.1 Å². The van der Waals surface area contributed by atoms with E-state index in [9.17, 15) is 14.4 Å². The van der Waals surface area contributed by atoms with E-state index in [0.29, 0.717) is 29.5 Å². The molecule has 3 aliphatic carbocycles. The summed E-state index contributed by atoms with van der Waals surface area (Å²) in [5, 5.41) is 16.9. The van der Waals surface area contributed by atoms with Crippen LogP contribution in [0.2, 0.25) is 0 Å². The lowest BCUT2D eigenvalue weighted by atomic mass is 9.53. The smallest absolute Gasteiger partial charge is 0.311 e. The molecule has 7 rings (SSSR count). The third-order valence-corrected chi connectivity index (χ3v) is 8.78. The number of nitrogens with one attached hydrogen (secondary N) is 3. The second-order valence-electron chi connectivity index (χ2n) is 11.2. The number of esters is 1. The van der Waals surface area contributed by atoms with E-state index in [1.807, 2.05) is 12.1 Å². The van der Waals surface area contributed by atoms with Crippen molar-refractivity contribution in [1.29, 1.82) is 0 Å². The summed E-state index contributed by atoms with van der Waals surface area (Å²) in [6.07, 6.45) is 6.37. The molecule has 2 bridgehead atoms. The summed E-state index contributed by atoms with van der Waals surface area (Å²) in [6, 6.07) is 8.51. The van der Waals surface area contributed by atoms with E-state index in [4.69, 9.17) is 16.0 Å². The Balaban J connectivity index is 1.13. The molecule has 13 heteroatoms. The van der Waals surface area contributed by atoms with E-state index in [2.05, 4.69) is 36.1 Å². The molecule has 2 aromatic heterocycles. The topological polar surface area (TPSA) is 153 Å². The Labute approximate surface area is 241 Å². The highest BCUT2D eigenvalue weighted by atomic mass is 16.5. The Morgan fingerprint density at radius 3 is 2.64 bits per heavy atom. The molecule has 3 heterocycles. The van der Waals surface area contributed by atoms with Crippen molar-refractivity contribution in [2.45, 2.75) is 45.1 Å². The second-order valence-corrected chi connectivity index (χ2v) is 11.2. The van der Waals surface area contributed by atoms with Gasteiger partial charge in [0.1, 0.15) is 22.2 Å². The molecule has 3 aromatic rings. The van der Waals surface area contributed by atoms with Crippen molar-refractivity contribution >= 4 is 35.0 Å². The van der Waals surface area contributed by atoms with E-state index in [1.165, 1.54) is 23.9 Å². The van der Waals surface area contributed by atoms with Crippen molar-refractivity contribution in [3.8, 4) is 5.75 Å². The standard InChI is InChI=1S/C29H30N8O5/c1-30-36-23-16-42-22-4-3-18(13-19(22)34-23)15-31-25(38)20-14-21(37-24(35-20)5-12-33-37)26(39)32-17-28-6-9-29(10-7-28,11-8-28)27(40)41-2/h3-5,12-14H,6-11,15-17H2,2H3,(H,31,38)(H,32,39)(H,34,36). The monoisotopic (exact) mass is 570 g/mol. The quantitative estimate of drug-likeness (QED) is 0.223. The van der Waals surface area contributed by atoms with Crippen LogP contribution in [0, 0.1) is 17.4 Å². The first-order valence-electron chi connectivity index (χ1n) is 13.8. The van der Waals surface area contributed by atoms with Crippen molar-refractivity contribution in [2.24, 2.45) is 15.9 Å². The predicted molar refractivity (Wildman–Crippen MR) is 151 cm³/mol. The molecule has 0 radical (unpaired) electrons. The highest BCUT2D eigenvalue weighted by Gasteiger charge is 2.53. The maximum Gasteiger partial charge on any atom is 0.311 e. The second kappa shape index (κ2) is 10.8. The molecule has 216 valence electrons. The Bertz CT molecular complexity index is 1630. The molecule has 1 aromatic carbocycles. The number of hydrogen-bond donors (Lipinski definition) is 3. The number of ether oxygens (including phenoxy) is 2. The average molecular weight is 571 g/mol. The summed E-state index contributed by atoms with van der Waals surface area (Å²) in [4.78, 5) is 46.3. The summed E-state index contributed by atoms with van der Waals surface area (Å²) in [6.45, 7) is 7.76. The number of nitrogens with zero attached hydrogens (tertiary/aromatic N) is 5. The van der Waals surface area contributed by atoms with Crippen LogP contribution in [0.3, 0.4) is 0 Å². The highest BCUT2D eigenvalue weighted by molar-refractivity contribution is 6.00. The fraction of sp³-hybridized carbons (Fsp3) is 0.414. The number of benzene rings is 1. The molecule has 2 amide bonds. The van der Waals surface area contributed by atoms with Crippen molar-refractivity contribution in [1.82, 2.24) is 25.2 Å². The maximum atomic E-state index is 13.4. The van der Waals surface area contributed by atoms with Crippen molar-refractivity contribution in [3.63, 3.8) is 0 Å². The number of amidine groups is 1. The van der Waals surface area contributed by atoms with E-state index < -0.39 is 5.91 Å². The van der Waals surface area contributed by atoms with E-state index in [-0.39, 0.29) is 47.2 Å². The minimum absolute atomic E-state index is 0.0563. The zero-order valence-electron chi connectivity index (χ0n) is 23.1. The number of anilines is 1. The van der Waals surface area contributed by atoms with Gasteiger partial charge in [0.05, 0.1) is 24.4 Å². The van der Waals surface area contributed by atoms with Gasteiger partial charge in [-0.1, -0.05) is 6.07 Å². The number of carbonyl (C=O) groups is 3. The van der Waals surface area contributed by atoms with Gasteiger partial charge in [-0.05, 0) is 61.6 Å². The summed E-state index contributed by atoms with van der Waals surface area (Å²) in [5.41, 5.74) is 1.69. The molecular formula is C29H30N8O5. The van der Waals surface area contributed by atoms with Crippen molar-refractivity contribution in [2.75, 3.05) is 25.6 Å². The lowest BCUT2D eigenvalue weighted by Gasteiger charge is -2.51. The molecule has 3 N–H and O–H groups in total. The molecule has 0 atom stereocenters. The molecule has 0 unspecified atom stereocenters. The summed E-state index contributed by atoms with van der Waals surface area (Å²) in [5.74, 6) is 0.121. The van der Waals surface area contributed by atoms with Crippen LogP contribution in [0.15, 0.2) is 41.6 Å². The van der Waals surface area contributed by atoms with Gasteiger partial charge < -0.3 is 25.4 Å². The van der Waals surface area contributed by atoms with Gasteiger partial charge in [0, 0.05) is 25.2 Å². The Morgan fingerprint density at radius 2 is 1.90 bits per heavy atom. The highest BCUT2D eigenvalue weighted by Crippen LogP contribution is 2.57. The SMILES string of the molecule is [C-]#[N+]N=C1COc2ccc(CNC(=O)c3cc(C(=O)NCC45CCC(C(=O)OC)(CC4)CC5)n4nccc4n3)cc2N1. The van der Waals surface area contributed by atoms with Crippen LogP contribution in [0.1, 0.15) is 65.1 Å². The van der Waals surface area contributed by atoms with Crippen LogP contribution < -0.4 is 20.7 Å². The van der Waals surface area contributed by atoms with Gasteiger partial charge in [0.25, 0.3) is 11.8 Å². The van der Waals surface area contributed by atoms with Crippen LogP contribution in [-0.4, -0.2) is 58.5 Å². The summed E-state index contributed by atoms with van der Waals surface area (Å²) < 4.78 is 12.1. The zero-order valence-corrected chi connectivity index (χ0v) is 23.1. The van der Waals surface area contributed by atoms with Crippen LogP contribution in [0.4, 0.5) is 5.69 Å². The van der Waals surface area contributed by atoms with Gasteiger partial charge in [0.15, 0.2) is 12.3 Å². The van der Waals surface area contributed by atoms with Crippen LogP contribution in [0.25, 0.3) is 10.6 Å². The molecular weight excluding hydrogens is 540 g/mol. The molecule has 3 saturated carbocycles. The average Bonchev–Trinajstić information content (AvgIpc) is 3.51. The van der Waals surface area contributed by atoms with Crippen LogP contribution in [0.5, 0.6) is 5.75 Å². The molecule has 42 heavy (non-hydrogen) atoms. The van der Waals surface area contributed by atoms with Gasteiger partial charge in [-0.25, -0.2) is 9.50 Å². The lowest BCUT2D eigenvalue weighted by Crippen LogP contribution is -2.50. The molecule has 4 aliphatic rings. The number of fused-ring (bicyclic) bond motifs is 5. The molecule has 0 saturated heterocycles. The van der Waals surface area contributed by atoms with Gasteiger partial charge in [-0.3, -0.25) is 14.4 Å². The Morgan fingerprint density at radius 1 is 1.12 bits per heavy atom. The number of rotatable bonds is 7. The van der Waals surface area contributed by atoms with Crippen molar-refractivity contribution < 1.29 is 23.9 Å². The van der Waals surface area contributed by atoms with E-state index >= 15 is 0 Å². The molecule has 3 fully saturated rings. The molecule has 13 nitrogen and oxygen atoms in total. The summed E-state index contributed by atoms with van der Waals surface area (Å²) >= 11 is 0. The predicted octanol–water partition coefficient (Wildman–Crippen LogP) is 2.94. The molecule has 0 spiro atoms. The number of methoxy groups -OCH3 is 1. The van der Waals surface area contributed by atoms with Gasteiger partial charge >= 0.3 is 5.97 Å².